The molecule has 1 atom stereocenters. The first-order valence-corrected chi connectivity index (χ1v) is 6.21. The summed E-state index contributed by atoms with van der Waals surface area (Å²) in [7, 11) is 0. The van der Waals surface area contributed by atoms with Crippen molar-refractivity contribution in [1.82, 2.24) is 0 Å². The van der Waals surface area contributed by atoms with Gasteiger partial charge in [-0.2, -0.15) is 0 Å². The van der Waals surface area contributed by atoms with E-state index in [1.165, 1.54) is 0 Å². The molecular formula is C10H12Br2N2O2. The van der Waals surface area contributed by atoms with E-state index in [1.807, 2.05) is 0 Å². The number of aliphatic hydroxyl groups is 1. The Morgan fingerprint density at radius 3 is 2.44 bits per heavy atom. The number of anilines is 2. The molecule has 88 valence electrons. The fraction of sp³-hybridized carbons (Fsp3) is 0.300. The number of rotatable bonds is 3. The largest absolute Gasteiger partial charge is 0.397 e. The number of benzene rings is 1. The van der Waals surface area contributed by atoms with Gasteiger partial charge in [-0.3, -0.25) is 4.79 Å². The van der Waals surface area contributed by atoms with Crippen molar-refractivity contribution >= 4 is 49.1 Å². The van der Waals surface area contributed by atoms with Crippen molar-refractivity contribution in [2.45, 2.75) is 19.4 Å². The van der Waals surface area contributed by atoms with E-state index < -0.39 is 6.10 Å². The first-order chi connectivity index (χ1) is 7.40. The number of halogens is 2. The number of nitrogens with one attached hydrogen (secondary N) is 1. The van der Waals surface area contributed by atoms with Gasteiger partial charge in [0.1, 0.15) is 0 Å². The summed E-state index contributed by atoms with van der Waals surface area (Å²) in [6.07, 6.45) is -0.583. The van der Waals surface area contributed by atoms with E-state index in [9.17, 15) is 4.79 Å². The number of carbonyl (C=O) groups is 1. The zero-order valence-electron chi connectivity index (χ0n) is 8.63. The van der Waals surface area contributed by atoms with Crippen LogP contribution in [0.15, 0.2) is 21.1 Å². The first-order valence-electron chi connectivity index (χ1n) is 4.62. The number of hydrogen-bond acceptors (Lipinski definition) is 3. The maximum absolute atomic E-state index is 11.4. The number of carbonyl (C=O) groups excluding carboxylic acids is 1. The van der Waals surface area contributed by atoms with Gasteiger partial charge in [0, 0.05) is 14.6 Å². The number of hydrogen-bond donors (Lipinski definition) is 3. The number of nitrogens with two attached hydrogens (primary N) is 1. The third-order valence-corrected chi connectivity index (χ3v) is 3.16. The van der Waals surface area contributed by atoms with E-state index in [1.54, 1.807) is 19.1 Å². The van der Waals surface area contributed by atoms with Crippen molar-refractivity contribution in [1.29, 1.82) is 0 Å². The molecule has 0 heterocycles. The van der Waals surface area contributed by atoms with Crippen LogP contribution in [0.1, 0.15) is 13.3 Å². The van der Waals surface area contributed by atoms with Crippen molar-refractivity contribution in [3.05, 3.63) is 21.1 Å². The lowest BCUT2D eigenvalue weighted by molar-refractivity contribution is -0.117. The Morgan fingerprint density at radius 1 is 1.50 bits per heavy atom. The van der Waals surface area contributed by atoms with E-state index in [4.69, 9.17) is 10.8 Å². The molecule has 1 amide bonds. The minimum Gasteiger partial charge on any atom is -0.397 e. The minimum atomic E-state index is -0.652. The van der Waals surface area contributed by atoms with Gasteiger partial charge in [0.25, 0.3) is 0 Å². The average Bonchev–Trinajstić information content (AvgIpc) is 2.12. The maximum Gasteiger partial charge on any atom is 0.226 e. The number of nitrogen functional groups attached to an aromatic ring is 1. The monoisotopic (exact) mass is 350 g/mol. The van der Waals surface area contributed by atoms with Crippen LogP contribution in [0.2, 0.25) is 0 Å². The van der Waals surface area contributed by atoms with E-state index in [0.717, 1.165) is 0 Å². The summed E-state index contributed by atoms with van der Waals surface area (Å²) in [6.45, 7) is 1.56. The molecule has 1 aromatic carbocycles. The Hall–Kier alpha value is -0.590. The van der Waals surface area contributed by atoms with E-state index in [2.05, 4.69) is 37.2 Å². The number of aliphatic hydroxyl groups excluding tert-OH is 1. The molecule has 1 unspecified atom stereocenters. The zero-order chi connectivity index (χ0) is 12.3. The summed E-state index contributed by atoms with van der Waals surface area (Å²) >= 11 is 6.56. The van der Waals surface area contributed by atoms with Crippen molar-refractivity contribution in [2.75, 3.05) is 11.1 Å². The van der Waals surface area contributed by atoms with Crippen LogP contribution in [-0.2, 0) is 4.79 Å². The van der Waals surface area contributed by atoms with E-state index in [-0.39, 0.29) is 12.3 Å². The topological polar surface area (TPSA) is 75.3 Å². The molecule has 0 saturated heterocycles. The predicted octanol–water partition coefficient (Wildman–Crippen LogP) is 2.50. The van der Waals surface area contributed by atoms with Crippen LogP contribution in [0, 0.1) is 0 Å². The van der Waals surface area contributed by atoms with Gasteiger partial charge in [-0.15, -0.1) is 0 Å². The Labute approximate surface area is 110 Å². The maximum atomic E-state index is 11.4. The van der Waals surface area contributed by atoms with Crippen LogP contribution in [0.25, 0.3) is 0 Å². The van der Waals surface area contributed by atoms with Crippen LogP contribution < -0.4 is 11.1 Å². The van der Waals surface area contributed by atoms with Crippen LogP contribution in [0.4, 0.5) is 11.4 Å². The van der Waals surface area contributed by atoms with Gasteiger partial charge < -0.3 is 16.2 Å². The van der Waals surface area contributed by atoms with Gasteiger partial charge >= 0.3 is 0 Å². The second-order valence-electron chi connectivity index (χ2n) is 3.45. The van der Waals surface area contributed by atoms with Crippen molar-refractivity contribution in [2.24, 2.45) is 0 Å². The van der Waals surface area contributed by atoms with Crippen LogP contribution >= 0.6 is 31.9 Å². The molecule has 0 aliphatic carbocycles. The van der Waals surface area contributed by atoms with Crippen molar-refractivity contribution < 1.29 is 9.90 Å². The normalized spacial score (nSPS) is 12.2. The van der Waals surface area contributed by atoms with Gasteiger partial charge in [-0.1, -0.05) is 0 Å². The summed E-state index contributed by atoms with van der Waals surface area (Å²) in [5.74, 6) is -0.237. The van der Waals surface area contributed by atoms with Gasteiger partial charge in [0.05, 0.1) is 18.2 Å². The van der Waals surface area contributed by atoms with Gasteiger partial charge in [-0.05, 0) is 50.9 Å². The Kier molecular flexibility index (Phi) is 4.76. The third-order valence-electron chi connectivity index (χ3n) is 1.84. The Balaban J connectivity index is 2.79. The summed E-state index contributed by atoms with van der Waals surface area (Å²) < 4.78 is 1.41. The van der Waals surface area contributed by atoms with Crippen LogP contribution in [-0.4, -0.2) is 17.1 Å². The van der Waals surface area contributed by atoms with Crippen LogP contribution in [0.3, 0.4) is 0 Å². The summed E-state index contributed by atoms with van der Waals surface area (Å²) in [5, 5.41) is 11.7. The Bertz CT molecular complexity index is 385. The van der Waals surface area contributed by atoms with Crippen LogP contribution in [0.5, 0.6) is 0 Å². The zero-order valence-corrected chi connectivity index (χ0v) is 11.8. The summed E-state index contributed by atoms with van der Waals surface area (Å²) in [5.41, 5.74) is 6.92. The fourth-order valence-corrected chi connectivity index (χ4v) is 2.32. The van der Waals surface area contributed by atoms with E-state index >= 15 is 0 Å². The summed E-state index contributed by atoms with van der Waals surface area (Å²) in [6, 6.07) is 3.42. The molecule has 6 heteroatoms. The molecule has 0 radical (unpaired) electrons. The highest BCUT2D eigenvalue weighted by atomic mass is 79.9. The molecule has 4 N–H and O–H groups in total. The first kappa shape index (κ1) is 13.5. The second-order valence-corrected chi connectivity index (χ2v) is 5.16. The number of amides is 1. The molecular weight excluding hydrogens is 340 g/mol. The highest BCUT2D eigenvalue weighted by molar-refractivity contribution is 9.11. The predicted molar refractivity (Wildman–Crippen MR) is 71.2 cm³/mol. The Morgan fingerprint density at radius 2 is 2.00 bits per heavy atom. The van der Waals surface area contributed by atoms with E-state index in [0.29, 0.717) is 20.3 Å². The molecule has 0 spiro atoms. The van der Waals surface area contributed by atoms with Gasteiger partial charge in [0.2, 0.25) is 5.91 Å². The lowest BCUT2D eigenvalue weighted by Crippen LogP contribution is -2.17. The smallest absolute Gasteiger partial charge is 0.226 e. The highest BCUT2D eigenvalue weighted by Crippen LogP contribution is 2.31. The molecule has 0 aliphatic rings. The molecule has 0 aliphatic heterocycles. The second kappa shape index (κ2) is 5.65. The van der Waals surface area contributed by atoms with Gasteiger partial charge in [-0.25, -0.2) is 0 Å². The average molecular weight is 352 g/mol. The third kappa shape index (κ3) is 3.77. The lowest BCUT2D eigenvalue weighted by atomic mass is 10.2. The highest BCUT2D eigenvalue weighted by Gasteiger charge is 2.09. The molecule has 0 aromatic heterocycles. The quantitative estimate of drug-likeness (QED) is 0.732. The molecule has 0 saturated carbocycles. The molecule has 1 rings (SSSR count). The molecule has 4 nitrogen and oxygen atoms in total. The lowest BCUT2D eigenvalue weighted by Gasteiger charge is -2.09. The van der Waals surface area contributed by atoms with Crippen molar-refractivity contribution in [3.63, 3.8) is 0 Å². The minimum absolute atomic E-state index is 0.0691. The van der Waals surface area contributed by atoms with Crippen molar-refractivity contribution in [3.8, 4) is 0 Å². The fourth-order valence-electron chi connectivity index (χ4n) is 1.14. The standard InChI is InChI=1S/C10H12Br2N2O2/c1-5(15)2-9(16)14-6-3-7(11)10(13)8(12)4-6/h3-5,15H,2,13H2,1H3,(H,14,16). The molecule has 0 bridgehead atoms. The SMILES string of the molecule is CC(O)CC(=O)Nc1cc(Br)c(N)c(Br)c1. The summed E-state index contributed by atoms with van der Waals surface area (Å²) in [4.78, 5) is 11.4. The molecule has 1 aromatic rings. The van der Waals surface area contributed by atoms with Gasteiger partial charge in [0.15, 0.2) is 0 Å². The molecule has 0 fully saturated rings. The molecule has 16 heavy (non-hydrogen) atoms.